The first-order valence-corrected chi connectivity index (χ1v) is 9.32. The number of likely N-dealkylation sites (N-methyl/N-ethyl adjacent to an activating group) is 1. The number of halogens is 3. The normalized spacial score (nSPS) is 19.3. The molecule has 5 nitrogen and oxygen atoms in total. The van der Waals surface area contributed by atoms with Crippen LogP contribution in [0.4, 0.5) is 13.2 Å². The van der Waals surface area contributed by atoms with Crippen LogP contribution in [0.1, 0.15) is 18.4 Å². The van der Waals surface area contributed by atoms with Gasteiger partial charge in [-0.25, -0.2) is 8.42 Å². The molecule has 9 heteroatoms. The number of rotatable bonds is 5. The predicted molar refractivity (Wildman–Crippen MR) is 87.7 cm³/mol. The van der Waals surface area contributed by atoms with Crippen molar-refractivity contribution in [2.75, 3.05) is 40.8 Å². The van der Waals surface area contributed by atoms with Crippen molar-refractivity contribution < 1.29 is 26.3 Å². The van der Waals surface area contributed by atoms with Crippen molar-refractivity contribution in [2.45, 2.75) is 29.5 Å². The third kappa shape index (κ3) is 4.33. The van der Waals surface area contributed by atoms with Crippen LogP contribution in [0.5, 0.6) is 0 Å². The molecule has 0 N–H and O–H groups in total. The summed E-state index contributed by atoms with van der Waals surface area (Å²) in [4.78, 5) is 1.26. The molecule has 0 bridgehead atoms. The van der Waals surface area contributed by atoms with E-state index in [2.05, 4.69) is 0 Å². The topological polar surface area (TPSA) is 49.9 Å². The van der Waals surface area contributed by atoms with Gasteiger partial charge in [-0.3, -0.25) is 0 Å². The molecule has 1 aliphatic rings. The number of hydrogen-bond acceptors (Lipinski definition) is 4. The monoisotopic (exact) mass is 380 g/mol. The lowest BCUT2D eigenvalue weighted by Crippen LogP contribution is -2.52. The van der Waals surface area contributed by atoms with E-state index in [0.717, 1.165) is 16.4 Å². The van der Waals surface area contributed by atoms with Crippen molar-refractivity contribution in [2.24, 2.45) is 0 Å². The molecule has 142 valence electrons. The molecule has 1 heterocycles. The standard InChI is InChI=1S/C16H23F3N2O3S/c1-20(2)12-15(24-3)8-10-21(11-9-15)25(22,23)14-7-5-4-6-13(14)16(17,18)19/h4-7H,8-12H2,1-3H3. The van der Waals surface area contributed by atoms with Gasteiger partial charge in [-0.2, -0.15) is 17.5 Å². The molecule has 1 aromatic rings. The van der Waals surface area contributed by atoms with Gasteiger partial charge >= 0.3 is 6.18 Å². The highest BCUT2D eigenvalue weighted by Crippen LogP contribution is 2.36. The van der Waals surface area contributed by atoms with E-state index in [1.807, 2.05) is 19.0 Å². The maximum atomic E-state index is 13.2. The first-order valence-electron chi connectivity index (χ1n) is 7.88. The van der Waals surface area contributed by atoms with Gasteiger partial charge in [0.2, 0.25) is 10.0 Å². The molecule has 0 radical (unpaired) electrons. The van der Waals surface area contributed by atoms with Crippen LogP contribution in [0.25, 0.3) is 0 Å². The van der Waals surface area contributed by atoms with Crippen molar-refractivity contribution in [3.05, 3.63) is 29.8 Å². The molecule has 2 rings (SSSR count). The van der Waals surface area contributed by atoms with Crippen molar-refractivity contribution in [3.8, 4) is 0 Å². The molecule has 1 aliphatic heterocycles. The van der Waals surface area contributed by atoms with Crippen LogP contribution >= 0.6 is 0 Å². The number of ether oxygens (including phenoxy) is 1. The number of sulfonamides is 1. The molecule has 25 heavy (non-hydrogen) atoms. The molecule has 1 saturated heterocycles. The Bertz CT molecular complexity index is 697. The quantitative estimate of drug-likeness (QED) is 0.787. The summed E-state index contributed by atoms with van der Waals surface area (Å²) < 4.78 is 71.7. The summed E-state index contributed by atoms with van der Waals surface area (Å²) in [5.41, 5.74) is -1.62. The van der Waals surface area contributed by atoms with Crippen LogP contribution in [-0.2, 0) is 20.9 Å². The van der Waals surface area contributed by atoms with Gasteiger partial charge in [0.25, 0.3) is 0 Å². The first kappa shape index (κ1) is 20.2. The Hall–Kier alpha value is -1.16. The van der Waals surface area contributed by atoms with Gasteiger partial charge in [0.15, 0.2) is 0 Å². The van der Waals surface area contributed by atoms with Crippen molar-refractivity contribution in [1.29, 1.82) is 0 Å². The lowest BCUT2D eigenvalue weighted by molar-refractivity contribution is -0.140. The highest BCUT2D eigenvalue weighted by atomic mass is 32.2. The Kier molecular flexibility index (Phi) is 5.82. The maximum Gasteiger partial charge on any atom is 0.417 e. The summed E-state index contributed by atoms with van der Waals surface area (Å²) in [5, 5.41) is 0. The van der Waals surface area contributed by atoms with Crippen LogP contribution in [0, 0.1) is 0 Å². The second kappa shape index (κ2) is 7.22. The fraction of sp³-hybridized carbons (Fsp3) is 0.625. The minimum atomic E-state index is -4.72. The molecular weight excluding hydrogens is 357 g/mol. The summed E-state index contributed by atoms with van der Waals surface area (Å²) in [6, 6.07) is 4.29. The fourth-order valence-corrected chi connectivity index (χ4v) is 4.86. The molecule has 1 fully saturated rings. The molecule has 1 aromatic carbocycles. The summed E-state index contributed by atoms with van der Waals surface area (Å²) in [6.45, 7) is 0.864. The van der Waals surface area contributed by atoms with Gasteiger partial charge in [-0.15, -0.1) is 0 Å². The zero-order valence-electron chi connectivity index (χ0n) is 14.5. The predicted octanol–water partition coefficient (Wildman–Crippen LogP) is 2.44. The van der Waals surface area contributed by atoms with Crippen LogP contribution < -0.4 is 0 Å². The molecule has 0 aliphatic carbocycles. The molecule has 0 saturated carbocycles. The number of piperidine rings is 1. The largest absolute Gasteiger partial charge is 0.417 e. The summed E-state index contributed by atoms with van der Waals surface area (Å²) in [5.74, 6) is 0. The second-order valence-electron chi connectivity index (χ2n) is 6.52. The van der Waals surface area contributed by atoms with Gasteiger partial charge < -0.3 is 9.64 Å². The van der Waals surface area contributed by atoms with E-state index < -0.39 is 32.3 Å². The van der Waals surface area contributed by atoms with Crippen molar-refractivity contribution in [1.82, 2.24) is 9.21 Å². The number of methoxy groups -OCH3 is 1. The third-order valence-electron chi connectivity index (χ3n) is 4.48. The smallest absolute Gasteiger partial charge is 0.377 e. The molecule has 0 aromatic heterocycles. The van der Waals surface area contributed by atoms with Gasteiger partial charge in [-0.1, -0.05) is 12.1 Å². The van der Waals surface area contributed by atoms with Crippen LogP contribution in [-0.4, -0.2) is 64.1 Å². The number of nitrogens with zero attached hydrogens (tertiary/aromatic N) is 2. The van der Waals surface area contributed by atoms with E-state index in [9.17, 15) is 21.6 Å². The highest BCUT2D eigenvalue weighted by Gasteiger charge is 2.42. The average Bonchev–Trinajstić information content (AvgIpc) is 2.54. The Labute approximate surface area is 146 Å². The summed E-state index contributed by atoms with van der Waals surface area (Å²) >= 11 is 0. The van der Waals surface area contributed by atoms with Gasteiger partial charge in [-0.05, 0) is 39.1 Å². The van der Waals surface area contributed by atoms with Gasteiger partial charge in [0, 0.05) is 26.7 Å². The van der Waals surface area contributed by atoms with E-state index in [1.54, 1.807) is 7.11 Å². The minimum absolute atomic E-state index is 0.121. The van der Waals surface area contributed by atoms with E-state index in [0.29, 0.717) is 19.4 Å². The zero-order chi connectivity index (χ0) is 18.9. The SMILES string of the molecule is COC1(CN(C)C)CCN(S(=O)(=O)c2ccccc2C(F)(F)F)CC1. The Balaban J connectivity index is 2.27. The highest BCUT2D eigenvalue weighted by molar-refractivity contribution is 7.89. The summed E-state index contributed by atoms with van der Waals surface area (Å²) in [6.07, 6.45) is -3.87. The van der Waals surface area contributed by atoms with E-state index >= 15 is 0 Å². The Morgan fingerprint density at radius 3 is 2.24 bits per heavy atom. The molecule has 0 spiro atoms. The van der Waals surface area contributed by atoms with Crippen LogP contribution in [0.3, 0.4) is 0 Å². The number of alkyl halides is 3. The second-order valence-corrected chi connectivity index (χ2v) is 8.43. The first-order chi connectivity index (χ1) is 11.5. The maximum absolute atomic E-state index is 13.2. The van der Waals surface area contributed by atoms with E-state index in [4.69, 9.17) is 4.74 Å². The van der Waals surface area contributed by atoms with Crippen molar-refractivity contribution >= 4 is 10.0 Å². The van der Waals surface area contributed by atoms with Crippen LogP contribution in [0.2, 0.25) is 0 Å². The Morgan fingerprint density at radius 2 is 1.76 bits per heavy atom. The van der Waals surface area contributed by atoms with Gasteiger partial charge in [0.1, 0.15) is 0 Å². The minimum Gasteiger partial charge on any atom is -0.377 e. The number of benzene rings is 1. The summed E-state index contributed by atoms with van der Waals surface area (Å²) in [7, 11) is 1.14. The van der Waals surface area contributed by atoms with E-state index in [1.165, 1.54) is 12.1 Å². The molecular formula is C16H23F3N2O3S. The van der Waals surface area contributed by atoms with E-state index in [-0.39, 0.29) is 13.1 Å². The lowest BCUT2D eigenvalue weighted by atomic mass is 9.91. The van der Waals surface area contributed by atoms with Crippen LogP contribution in [0.15, 0.2) is 29.2 Å². The molecule has 0 atom stereocenters. The van der Waals surface area contributed by atoms with Gasteiger partial charge in [0.05, 0.1) is 16.1 Å². The molecule has 0 amide bonds. The fourth-order valence-electron chi connectivity index (χ4n) is 3.20. The average molecular weight is 380 g/mol. The Morgan fingerprint density at radius 1 is 1.20 bits per heavy atom. The third-order valence-corrected chi connectivity index (χ3v) is 6.44. The number of hydrogen-bond donors (Lipinski definition) is 0. The molecule has 0 unspecified atom stereocenters. The zero-order valence-corrected chi connectivity index (χ0v) is 15.3. The van der Waals surface area contributed by atoms with Crippen molar-refractivity contribution in [3.63, 3.8) is 0 Å². The lowest BCUT2D eigenvalue weighted by Gasteiger charge is -2.41.